The normalized spacial score (nSPS) is 10.8. The quantitative estimate of drug-likeness (QED) is 0.804. The van der Waals surface area contributed by atoms with Gasteiger partial charge in [0.1, 0.15) is 5.75 Å². The van der Waals surface area contributed by atoms with E-state index in [1.807, 2.05) is 23.1 Å². The molecule has 124 valence electrons. The van der Waals surface area contributed by atoms with Gasteiger partial charge >= 0.3 is 0 Å². The van der Waals surface area contributed by atoms with E-state index in [9.17, 15) is 4.79 Å². The van der Waals surface area contributed by atoms with E-state index < -0.39 is 0 Å². The lowest BCUT2D eigenvalue weighted by atomic mass is 10.3. The molecule has 1 aromatic carbocycles. The fraction of sp³-hybridized carbons (Fsp3) is 0.438. The minimum absolute atomic E-state index is 0.112. The van der Waals surface area contributed by atoms with Gasteiger partial charge < -0.3 is 14.6 Å². The second kappa shape index (κ2) is 8.28. The molecule has 0 spiro atoms. The number of amides is 1. The summed E-state index contributed by atoms with van der Waals surface area (Å²) in [7, 11) is 1.58. The predicted molar refractivity (Wildman–Crippen MR) is 86.2 cm³/mol. The highest BCUT2D eigenvalue weighted by molar-refractivity contribution is 5.93. The molecule has 0 fully saturated rings. The molecular formula is C16H22N4O3. The van der Waals surface area contributed by atoms with Crippen molar-refractivity contribution in [3.63, 3.8) is 0 Å². The highest BCUT2D eigenvalue weighted by atomic mass is 16.5. The van der Waals surface area contributed by atoms with Gasteiger partial charge in [-0.3, -0.25) is 9.69 Å². The van der Waals surface area contributed by atoms with E-state index in [1.165, 1.54) is 0 Å². The molecule has 0 aliphatic rings. The number of benzene rings is 1. The highest BCUT2D eigenvalue weighted by Gasteiger charge is 2.15. The molecule has 0 radical (unpaired) electrons. The minimum Gasteiger partial charge on any atom is -0.495 e. The van der Waals surface area contributed by atoms with Crippen LogP contribution < -0.4 is 10.1 Å². The summed E-state index contributed by atoms with van der Waals surface area (Å²) in [5.41, 5.74) is 0.657. The standard InChI is InChI=1S/C16H22N4O3/c1-4-9-20(11-16-17-12(2)19-23-16)10-15(21)18-13-7-5-6-8-14(13)22-3/h5-8H,4,9-11H2,1-3H3,(H,18,21). The first-order valence-electron chi connectivity index (χ1n) is 7.56. The third kappa shape index (κ3) is 5.07. The summed E-state index contributed by atoms with van der Waals surface area (Å²) in [5, 5.41) is 6.64. The second-order valence-corrected chi connectivity index (χ2v) is 5.19. The van der Waals surface area contributed by atoms with E-state index in [4.69, 9.17) is 9.26 Å². The van der Waals surface area contributed by atoms with Gasteiger partial charge in [0.2, 0.25) is 11.8 Å². The number of anilines is 1. The number of carbonyl (C=O) groups is 1. The van der Waals surface area contributed by atoms with Gasteiger partial charge in [-0.25, -0.2) is 0 Å². The zero-order chi connectivity index (χ0) is 16.7. The first kappa shape index (κ1) is 17.0. The van der Waals surface area contributed by atoms with Gasteiger partial charge in [0, 0.05) is 0 Å². The summed E-state index contributed by atoms with van der Waals surface area (Å²) < 4.78 is 10.4. The number of nitrogens with one attached hydrogen (secondary N) is 1. The fourth-order valence-corrected chi connectivity index (χ4v) is 2.27. The maximum atomic E-state index is 12.3. The Morgan fingerprint density at radius 3 is 2.83 bits per heavy atom. The monoisotopic (exact) mass is 318 g/mol. The molecule has 2 aromatic rings. The number of hydrogen-bond acceptors (Lipinski definition) is 6. The molecule has 1 aromatic heterocycles. The molecule has 0 unspecified atom stereocenters. The van der Waals surface area contributed by atoms with Crippen LogP contribution in [0.5, 0.6) is 5.75 Å². The number of para-hydroxylation sites is 2. The van der Waals surface area contributed by atoms with Crippen LogP contribution >= 0.6 is 0 Å². The SMILES string of the molecule is CCCN(CC(=O)Nc1ccccc1OC)Cc1nc(C)no1. The van der Waals surface area contributed by atoms with Gasteiger partial charge in [0.15, 0.2) is 5.82 Å². The van der Waals surface area contributed by atoms with Crippen LogP contribution in [-0.4, -0.2) is 41.1 Å². The van der Waals surface area contributed by atoms with Gasteiger partial charge in [-0.15, -0.1) is 0 Å². The largest absolute Gasteiger partial charge is 0.495 e. The minimum atomic E-state index is -0.112. The van der Waals surface area contributed by atoms with Crippen LogP contribution in [-0.2, 0) is 11.3 Å². The Labute approximate surface area is 135 Å². The first-order valence-corrected chi connectivity index (χ1v) is 7.56. The smallest absolute Gasteiger partial charge is 0.240 e. The summed E-state index contributed by atoms with van der Waals surface area (Å²) in [6, 6.07) is 7.32. The van der Waals surface area contributed by atoms with Crippen molar-refractivity contribution in [1.82, 2.24) is 15.0 Å². The van der Waals surface area contributed by atoms with Crippen molar-refractivity contribution in [2.75, 3.05) is 25.5 Å². The molecule has 1 heterocycles. The highest BCUT2D eigenvalue weighted by Crippen LogP contribution is 2.22. The zero-order valence-electron chi connectivity index (χ0n) is 13.7. The Morgan fingerprint density at radius 1 is 1.39 bits per heavy atom. The number of nitrogens with zero attached hydrogens (tertiary/aromatic N) is 3. The molecule has 0 aliphatic carbocycles. The van der Waals surface area contributed by atoms with Crippen LogP contribution in [0.25, 0.3) is 0 Å². The molecule has 1 N–H and O–H groups in total. The van der Waals surface area contributed by atoms with Crippen LogP contribution in [0.1, 0.15) is 25.1 Å². The first-order chi connectivity index (χ1) is 11.1. The average molecular weight is 318 g/mol. The second-order valence-electron chi connectivity index (χ2n) is 5.19. The summed E-state index contributed by atoms with van der Waals surface area (Å²) in [6.07, 6.45) is 0.926. The van der Waals surface area contributed by atoms with Crippen molar-refractivity contribution in [2.24, 2.45) is 0 Å². The van der Waals surface area contributed by atoms with Gasteiger partial charge in [-0.2, -0.15) is 4.98 Å². The van der Waals surface area contributed by atoms with E-state index in [1.54, 1.807) is 20.1 Å². The van der Waals surface area contributed by atoms with Crippen LogP contribution in [0.2, 0.25) is 0 Å². The predicted octanol–water partition coefficient (Wildman–Crippen LogP) is 2.24. The van der Waals surface area contributed by atoms with Crippen LogP contribution in [0.15, 0.2) is 28.8 Å². The number of hydrogen-bond donors (Lipinski definition) is 1. The summed E-state index contributed by atoms with van der Waals surface area (Å²) in [4.78, 5) is 18.4. The third-order valence-electron chi connectivity index (χ3n) is 3.22. The lowest BCUT2D eigenvalue weighted by molar-refractivity contribution is -0.117. The van der Waals surface area contributed by atoms with Crippen molar-refractivity contribution in [1.29, 1.82) is 0 Å². The van der Waals surface area contributed by atoms with E-state index in [0.717, 1.165) is 13.0 Å². The molecule has 2 rings (SSSR count). The van der Waals surface area contributed by atoms with Crippen molar-refractivity contribution in [3.05, 3.63) is 36.0 Å². The van der Waals surface area contributed by atoms with E-state index in [-0.39, 0.29) is 12.5 Å². The Balaban J connectivity index is 1.97. The molecule has 0 saturated heterocycles. The van der Waals surface area contributed by atoms with Crippen molar-refractivity contribution >= 4 is 11.6 Å². The van der Waals surface area contributed by atoms with Crippen molar-refractivity contribution in [3.8, 4) is 5.75 Å². The molecular weight excluding hydrogens is 296 g/mol. The lowest BCUT2D eigenvalue weighted by Crippen LogP contribution is -2.33. The summed E-state index contributed by atoms with van der Waals surface area (Å²) >= 11 is 0. The van der Waals surface area contributed by atoms with Crippen LogP contribution in [0.3, 0.4) is 0 Å². The number of ether oxygens (including phenoxy) is 1. The fourth-order valence-electron chi connectivity index (χ4n) is 2.27. The van der Waals surface area contributed by atoms with E-state index in [0.29, 0.717) is 29.7 Å². The third-order valence-corrected chi connectivity index (χ3v) is 3.22. The number of methoxy groups -OCH3 is 1. The number of aromatic nitrogens is 2. The molecule has 0 saturated carbocycles. The number of carbonyl (C=O) groups excluding carboxylic acids is 1. The number of rotatable bonds is 8. The Hall–Kier alpha value is -2.41. The lowest BCUT2D eigenvalue weighted by Gasteiger charge is -2.19. The van der Waals surface area contributed by atoms with Gasteiger partial charge in [-0.05, 0) is 32.0 Å². The molecule has 23 heavy (non-hydrogen) atoms. The Bertz CT molecular complexity index is 642. The van der Waals surface area contributed by atoms with E-state index >= 15 is 0 Å². The molecule has 0 bridgehead atoms. The van der Waals surface area contributed by atoms with Gasteiger partial charge in [0.25, 0.3) is 0 Å². The average Bonchev–Trinajstić information content (AvgIpc) is 2.93. The molecule has 0 aliphatic heterocycles. The summed E-state index contributed by atoms with van der Waals surface area (Å²) in [5.74, 6) is 1.63. The van der Waals surface area contributed by atoms with Gasteiger partial charge in [-0.1, -0.05) is 24.2 Å². The Morgan fingerprint density at radius 2 is 2.17 bits per heavy atom. The molecule has 7 heteroatoms. The van der Waals surface area contributed by atoms with Crippen molar-refractivity contribution in [2.45, 2.75) is 26.8 Å². The summed E-state index contributed by atoms with van der Waals surface area (Å²) in [6.45, 7) is 5.29. The molecule has 1 amide bonds. The zero-order valence-corrected chi connectivity index (χ0v) is 13.7. The van der Waals surface area contributed by atoms with Gasteiger partial charge in [0.05, 0.1) is 25.9 Å². The topological polar surface area (TPSA) is 80.5 Å². The van der Waals surface area contributed by atoms with Crippen LogP contribution in [0, 0.1) is 6.92 Å². The van der Waals surface area contributed by atoms with E-state index in [2.05, 4.69) is 22.4 Å². The van der Waals surface area contributed by atoms with Crippen molar-refractivity contribution < 1.29 is 14.1 Å². The number of aryl methyl sites for hydroxylation is 1. The Kier molecular flexibility index (Phi) is 6.10. The maximum Gasteiger partial charge on any atom is 0.240 e. The molecule has 0 atom stereocenters. The molecule has 7 nitrogen and oxygen atoms in total. The maximum absolute atomic E-state index is 12.3. The van der Waals surface area contributed by atoms with Crippen LogP contribution in [0.4, 0.5) is 5.69 Å².